The van der Waals surface area contributed by atoms with Crippen LogP contribution >= 0.6 is 34.2 Å². The summed E-state index contributed by atoms with van der Waals surface area (Å²) < 4.78 is 3.21. The van der Waals surface area contributed by atoms with E-state index < -0.39 is 0 Å². The normalized spacial score (nSPS) is 12.9. The number of aromatic nitrogens is 2. The summed E-state index contributed by atoms with van der Waals surface area (Å²) in [6.07, 6.45) is 1.73. The molecule has 1 atom stereocenters. The van der Waals surface area contributed by atoms with Crippen LogP contribution < -0.4 is 5.32 Å². The maximum absolute atomic E-state index is 6.38. The third kappa shape index (κ3) is 4.18. The lowest BCUT2D eigenvalue weighted by Crippen LogP contribution is -2.25. The second-order valence-corrected chi connectivity index (χ2v) is 6.83. The van der Waals surface area contributed by atoms with Crippen molar-refractivity contribution < 1.29 is 0 Å². The quantitative estimate of drug-likeness (QED) is 0.732. The van der Waals surface area contributed by atoms with E-state index in [1.165, 1.54) is 9.13 Å². The maximum atomic E-state index is 6.38. The summed E-state index contributed by atoms with van der Waals surface area (Å²) in [7, 11) is 6.06. The van der Waals surface area contributed by atoms with Gasteiger partial charge in [-0.05, 0) is 61.4 Å². The van der Waals surface area contributed by atoms with Crippen LogP contribution in [-0.4, -0.2) is 42.4 Å². The molecule has 4 nitrogen and oxygen atoms in total. The highest BCUT2D eigenvalue weighted by molar-refractivity contribution is 14.1. The fourth-order valence-electron chi connectivity index (χ4n) is 2.25. The molecule has 0 aliphatic heterocycles. The van der Waals surface area contributed by atoms with Gasteiger partial charge in [0.05, 0.1) is 29.5 Å². The van der Waals surface area contributed by atoms with Crippen molar-refractivity contribution in [3.63, 3.8) is 0 Å². The Morgan fingerprint density at radius 2 is 2.00 bits per heavy atom. The molecule has 0 radical (unpaired) electrons. The third-order valence-corrected chi connectivity index (χ3v) is 4.37. The molecule has 6 heteroatoms. The zero-order valence-corrected chi connectivity index (χ0v) is 15.4. The summed E-state index contributed by atoms with van der Waals surface area (Å²) in [5.41, 5.74) is 2.20. The van der Waals surface area contributed by atoms with Gasteiger partial charge in [0.15, 0.2) is 0 Å². The van der Waals surface area contributed by atoms with Gasteiger partial charge in [-0.25, -0.2) is 0 Å². The monoisotopic (exact) mass is 418 g/mol. The van der Waals surface area contributed by atoms with Crippen LogP contribution in [0.2, 0.25) is 5.02 Å². The summed E-state index contributed by atoms with van der Waals surface area (Å²) >= 11 is 8.69. The smallest absolute Gasteiger partial charge is 0.0837 e. The van der Waals surface area contributed by atoms with Gasteiger partial charge in [0.2, 0.25) is 0 Å². The summed E-state index contributed by atoms with van der Waals surface area (Å²) in [6.45, 7) is 1.74. The van der Waals surface area contributed by atoms with E-state index in [1.54, 1.807) is 6.20 Å². The zero-order chi connectivity index (χ0) is 15.4. The van der Waals surface area contributed by atoms with Crippen LogP contribution in [0.25, 0.3) is 0 Å². The Hall–Kier alpha value is -0.630. The van der Waals surface area contributed by atoms with Crippen molar-refractivity contribution in [3.05, 3.63) is 50.3 Å². The summed E-state index contributed by atoms with van der Waals surface area (Å²) in [4.78, 5) is 2.14. The van der Waals surface area contributed by atoms with Crippen LogP contribution in [0.3, 0.4) is 0 Å². The van der Waals surface area contributed by atoms with Gasteiger partial charge in [-0.15, -0.1) is 0 Å². The molecule has 0 aliphatic carbocycles. The average Bonchev–Trinajstić information content (AvgIpc) is 2.81. The second-order valence-electron chi connectivity index (χ2n) is 5.18. The molecule has 0 bridgehead atoms. The van der Waals surface area contributed by atoms with E-state index in [4.69, 9.17) is 11.6 Å². The number of nitrogens with zero attached hydrogens (tertiary/aromatic N) is 3. The third-order valence-electron chi connectivity index (χ3n) is 3.36. The van der Waals surface area contributed by atoms with E-state index in [0.717, 1.165) is 18.8 Å². The molecule has 0 saturated carbocycles. The molecule has 114 valence electrons. The standard InChI is InChI=1S/C15H20ClIN4/c1-18-14(11-4-6-12(17)7-5-11)15-13(16)10-19-21(15)9-8-20(2)3/h4-7,10,14,18H,8-9H2,1-3H3. The van der Waals surface area contributed by atoms with E-state index in [9.17, 15) is 0 Å². The van der Waals surface area contributed by atoms with Gasteiger partial charge < -0.3 is 10.2 Å². The molecule has 0 amide bonds. The Labute approximate surface area is 144 Å². The Balaban J connectivity index is 2.33. The first-order valence-corrected chi connectivity index (χ1v) is 8.27. The van der Waals surface area contributed by atoms with Crippen molar-refractivity contribution in [1.29, 1.82) is 0 Å². The summed E-state index contributed by atoms with van der Waals surface area (Å²) in [5, 5.41) is 8.46. The number of halogens is 2. The highest BCUT2D eigenvalue weighted by Crippen LogP contribution is 2.28. The average molecular weight is 419 g/mol. The van der Waals surface area contributed by atoms with Gasteiger partial charge in [-0.1, -0.05) is 23.7 Å². The van der Waals surface area contributed by atoms with Crippen molar-refractivity contribution in [2.75, 3.05) is 27.7 Å². The first-order valence-electron chi connectivity index (χ1n) is 6.81. The van der Waals surface area contributed by atoms with E-state index in [-0.39, 0.29) is 6.04 Å². The molecule has 2 aromatic rings. The topological polar surface area (TPSA) is 33.1 Å². The summed E-state index contributed by atoms with van der Waals surface area (Å²) in [5.74, 6) is 0. The maximum Gasteiger partial charge on any atom is 0.0837 e. The van der Waals surface area contributed by atoms with Gasteiger partial charge in [0.25, 0.3) is 0 Å². The van der Waals surface area contributed by atoms with E-state index >= 15 is 0 Å². The highest BCUT2D eigenvalue weighted by Gasteiger charge is 2.20. The van der Waals surface area contributed by atoms with Crippen LogP contribution in [0.1, 0.15) is 17.3 Å². The minimum absolute atomic E-state index is 0.0409. The van der Waals surface area contributed by atoms with Crippen molar-refractivity contribution in [3.8, 4) is 0 Å². The Morgan fingerprint density at radius 3 is 2.57 bits per heavy atom. The Morgan fingerprint density at radius 1 is 1.33 bits per heavy atom. The fourth-order valence-corrected chi connectivity index (χ4v) is 2.86. The molecule has 0 fully saturated rings. The van der Waals surface area contributed by atoms with Crippen LogP contribution in [-0.2, 0) is 6.54 Å². The molecular weight excluding hydrogens is 399 g/mol. The van der Waals surface area contributed by atoms with Crippen LogP contribution in [0, 0.1) is 3.57 Å². The number of hydrogen-bond donors (Lipinski definition) is 1. The second kappa shape index (κ2) is 7.58. The zero-order valence-electron chi connectivity index (χ0n) is 12.5. The molecule has 0 spiro atoms. The lowest BCUT2D eigenvalue weighted by atomic mass is 10.0. The van der Waals surface area contributed by atoms with Crippen LogP contribution in [0.4, 0.5) is 0 Å². The van der Waals surface area contributed by atoms with E-state index in [0.29, 0.717) is 5.02 Å². The van der Waals surface area contributed by atoms with Gasteiger partial charge in [0, 0.05) is 10.1 Å². The molecule has 1 aromatic carbocycles. The molecule has 2 rings (SSSR count). The van der Waals surface area contributed by atoms with Crippen molar-refractivity contribution in [2.24, 2.45) is 0 Å². The van der Waals surface area contributed by atoms with Gasteiger partial charge in [-0.3, -0.25) is 4.68 Å². The molecular formula is C15H20ClIN4. The SMILES string of the molecule is CNC(c1ccc(I)cc1)c1c(Cl)cnn1CCN(C)C. The lowest BCUT2D eigenvalue weighted by molar-refractivity contribution is 0.366. The largest absolute Gasteiger partial charge is 0.308 e. The molecule has 1 N–H and O–H groups in total. The fraction of sp³-hybridized carbons (Fsp3) is 0.400. The predicted molar refractivity (Wildman–Crippen MR) is 95.9 cm³/mol. The van der Waals surface area contributed by atoms with Crippen molar-refractivity contribution >= 4 is 34.2 Å². The lowest BCUT2D eigenvalue weighted by Gasteiger charge is -2.20. The minimum atomic E-state index is 0.0409. The predicted octanol–water partition coefficient (Wildman–Crippen LogP) is 3.01. The molecule has 1 heterocycles. The van der Waals surface area contributed by atoms with E-state index in [2.05, 4.69) is 76.3 Å². The number of hydrogen-bond acceptors (Lipinski definition) is 3. The van der Waals surface area contributed by atoms with Gasteiger partial charge in [0.1, 0.15) is 0 Å². The minimum Gasteiger partial charge on any atom is -0.308 e. The van der Waals surface area contributed by atoms with Crippen molar-refractivity contribution in [1.82, 2.24) is 20.0 Å². The number of benzene rings is 1. The summed E-state index contributed by atoms with van der Waals surface area (Å²) in [6, 6.07) is 8.51. The number of rotatable bonds is 6. The molecule has 1 aromatic heterocycles. The van der Waals surface area contributed by atoms with E-state index in [1.807, 2.05) is 11.7 Å². The first-order chi connectivity index (χ1) is 10.0. The Kier molecular flexibility index (Phi) is 6.04. The Bertz CT molecular complexity index is 580. The molecule has 0 saturated heterocycles. The molecule has 1 unspecified atom stereocenters. The molecule has 21 heavy (non-hydrogen) atoms. The number of nitrogens with one attached hydrogen (secondary N) is 1. The first kappa shape index (κ1) is 16.7. The van der Waals surface area contributed by atoms with Crippen LogP contribution in [0.5, 0.6) is 0 Å². The van der Waals surface area contributed by atoms with Gasteiger partial charge in [-0.2, -0.15) is 5.10 Å². The van der Waals surface area contributed by atoms with Crippen LogP contribution in [0.15, 0.2) is 30.5 Å². The van der Waals surface area contributed by atoms with Crippen molar-refractivity contribution in [2.45, 2.75) is 12.6 Å². The molecule has 0 aliphatic rings. The van der Waals surface area contributed by atoms with Gasteiger partial charge >= 0.3 is 0 Å². The number of likely N-dealkylation sites (N-methyl/N-ethyl adjacent to an activating group) is 1. The highest BCUT2D eigenvalue weighted by atomic mass is 127.